The van der Waals surface area contributed by atoms with Gasteiger partial charge in [-0.05, 0) is 52.0 Å². The van der Waals surface area contributed by atoms with Crippen molar-refractivity contribution in [1.82, 2.24) is 0 Å². The Kier molecular flexibility index (Phi) is 11.5. The van der Waals surface area contributed by atoms with Crippen LogP contribution in [-0.2, 0) is 55.1 Å². The number of hydrogen-bond acceptors (Lipinski definition) is 10. The highest BCUT2D eigenvalue weighted by atomic mass is 28.3. The van der Waals surface area contributed by atoms with Crippen LogP contribution < -0.4 is 0 Å². The van der Waals surface area contributed by atoms with E-state index in [2.05, 4.69) is 53.0 Å². The summed E-state index contributed by atoms with van der Waals surface area (Å²) in [6, 6.07) is 10.7. The van der Waals surface area contributed by atoms with Crippen LogP contribution in [0.3, 0.4) is 0 Å². The highest BCUT2D eigenvalue weighted by Gasteiger charge is 2.60. The average Bonchev–Trinajstić information content (AvgIpc) is 3.14. The largest absolute Gasteiger partial charge is 0.463 e. The van der Waals surface area contributed by atoms with Gasteiger partial charge in [0.05, 0.1) is 0 Å². The number of aliphatic hydroxyl groups is 1. The topological polar surface area (TPSA) is 135 Å². The van der Waals surface area contributed by atoms with Gasteiger partial charge in [-0.1, -0.05) is 65.7 Å². The molecule has 0 bridgehead atoms. The van der Waals surface area contributed by atoms with Crippen LogP contribution >= 0.6 is 0 Å². The SMILES string of the molecule is [2H]CC(=O)OC[C@H]1OC(O)(c2ccc(F)c(Cc3ccc(C#C[Si](C(C)C)(C(C)C)C(C)C)cc3)c2)[C@H](OC(=O)C[2H])[C@@H](OC(=O)C[2H])[C@@H]1OC(=O)C[2H]. The smallest absolute Gasteiger partial charge is 0.303 e. The van der Waals surface area contributed by atoms with Crippen LogP contribution in [0.15, 0.2) is 42.5 Å². The fourth-order valence-corrected chi connectivity index (χ4v) is 12.1. The van der Waals surface area contributed by atoms with Gasteiger partial charge < -0.3 is 28.8 Å². The molecule has 1 unspecified atom stereocenters. The van der Waals surface area contributed by atoms with Crippen LogP contribution in [0.1, 0.15) is 96.9 Å². The first-order chi connectivity index (χ1) is 25.5. The standard InChI is InChI=1S/C38H49FO10Si/c1-22(2)50(23(3)4,24(5)6)18-17-29-11-13-30(14-12-29)19-31-20-32(15-16-33(31)39)38(44)37(48-28(10)43)36(47-27(9)42)35(46-26(8)41)34(49-38)21-45-25(7)40/h11-16,20,22-24,34-37,44H,19,21H2,1-10H3/t34-,35-,36+,37-,38?/m1/s1/i7D,8D,9D,10D. The highest BCUT2D eigenvalue weighted by Crippen LogP contribution is 2.42. The lowest BCUT2D eigenvalue weighted by molar-refractivity contribution is -0.360. The first-order valence-electron chi connectivity index (χ1n) is 19.0. The predicted octanol–water partition coefficient (Wildman–Crippen LogP) is 5.89. The van der Waals surface area contributed by atoms with Gasteiger partial charge in [0.25, 0.3) is 0 Å². The Labute approximate surface area is 300 Å². The predicted molar refractivity (Wildman–Crippen MR) is 186 cm³/mol. The molecule has 0 spiro atoms. The summed E-state index contributed by atoms with van der Waals surface area (Å²) in [5.74, 6) is -4.72. The maximum atomic E-state index is 15.4. The van der Waals surface area contributed by atoms with Gasteiger partial charge in [-0.15, -0.1) is 5.54 Å². The molecule has 2 aromatic rings. The molecule has 50 heavy (non-hydrogen) atoms. The van der Waals surface area contributed by atoms with E-state index in [4.69, 9.17) is 29.2 Å². The molecule has 0 amide bonds. The number of benzene rings is 2. The first-order valence-corrected chi connectivity index (χ1v) is 18.4. The van der Waals surface area contributed by atoms with Gasteiger partial charge in [0, 0.05) is 50.6 Å². The molecule has 272 valence electrons. The number of ether oxygens (including phenoxy) is 5. The second kappa shape index (κ2) is 16.8. The Morgan fingerprint density at radius 1 is 0.860 bits per heavy atom. The molecule has 0 radical (unpaired) electrons. The molecule has 1 aliphatic rings. The molecule has 1 saturated heterocycles. The van der Waals surface area contributed by atoms with Crippen LogP contribution in [0.25, 0.3) is 0 Å². The second-order valence-electron chi connectivity index (χ2n) is 13.2. The molecule has 0 saturated carbocycles. The zero-order valence-electron chi connectivity index (χ0n) is 33.3. The molecule has 12 heteroatoms. The lowest BCUT2D eigenvalue weighted by Gasteiger charge is -2.48. The molecular formula is C38H49FO10Si. The van der Waals surface area contributed by atoms with E-state index in [-0.39, 0.29) is 17.5 Å². The lowest BCUT2D eigenvalue weighted by Crippen LogP contribution is -2.66. The number of carbonyl (C=O) groups excluding carboxylic acids is 4. The summed E-state index contributed by atoms with van der Waals surface area (Å²) < 4.78 is 72.2. The van der Waals surface area contributed by atoms with E-state index in [0.29, 0.717) is 22.2 Å². The molecule has 1 N–H and O–H groups in total. The first kappa shape index (κ1) is 34.4. The molecule has 3 rings (SSSR count). The zero-order valence-corrected chi connectivity index (χ0v) is 30.3. The van der Waals surface area contributed by atoms with Crippen molar-refractivity contribution in [1.29, 1.82) is 0 Å². The summed E-state index contributed by atoms with van der Waals surface area (Å²) >= 11 is 0. The summed E-state index contributed by atoms with van der Waals surface area (Å²) in [6.07, 6.45) is -7.43. The normalized spacial score (nSPS) is 23.1. The van der Waals surface area contributed by atoms with Gasteiger partial charge in [-0.3, -0.25) is 19.2 Å². The number of esters is 4. The third-order valence-electron chi connectivity index (χ3n) is 9.00. The summed E-state index contributed by atoms with van der Waals surface area (Å²) in [5.41, 5.74) is 6.39. The minimum atomic E-state index is -2.82. The van der Waals surface area contributed by atoms with Crippen LogP contribution in [0, 0.1) is 17.3 Å². The third-order valence-corrected chi connectivity index (χ3v) is 15.3. The number of rotatable bonds is 11. The van der Waals surface area contributed by atoms with Crippen molar-refractivity contribution in [2.75, 3.05) is 6.61 Å². The molecule has 1 aliphatic heterocycles. The Morgan fingerprint density at radius 3 is 1.98 bits per heavy atom. The third kappa shape index (κ3) is 9.38. The summed E-state index contributed by atoms with van der Waals surface area (Å²) in [4.78, 5) is 49.4. The minimum Gasteiger partial charge on any atom is -0.463 e. The lowest BCUT2D eigenvalue weighted by atomic mass is 9.86. The van der Waals surface area contributed by atoms with Crippen molar-refractivity contribution in [2.24, 2.45) is 0 Å². The quantitative estimate of drug-likeness (QED) is 0.130. The molecule has 0 aromatic heterocycles. The van der Waals surface area contributed by atoms with E-state index in [9.17, 15) is 24.3 Å². The molecule has 1 heterocycles. The Hall–Kier alpha value is -4.05. The van der Waals surface area contributed by atoms with Crippen LogP contribution in [0.5, 0.6) is 0 Å². The molecule has 5 atom stereocenters. The van der Waals surface area contributed by atoms with E-state index >= 15 is 4.39 Å². The van der Waals surface area contributed by atoms with Crippen LogP contribution in [0.2, 0.25) is 16.6 Å². The number of hydrogen-bond donors (Lipinski definition) is 1. The van der Waals surface area contributed by atoms with Crippen molar-refractivity contribution in [3.05, 3.63) is 70.5 Å². The zero-order chi connectivity index (χ0) is 40.4. The average molecular weight is 717 g/mol. The fourth-order valence-electron chi connectivity index (χ4n) is 6.84. The van der Waals surface area contributed by atoms with Gasteiger partial charge in [0.2, 0.25) is 11.9 Å². The highest BCUT2D eigenvalue weighted by molar-refractivity contribution is 6.90. The van der Waals surface area contributed by atoms with Crippen molar-refractivity contribution < 1.29 is 57.8 Å². The van der Waals surface area contributed by atoms with Crippen molar-refractivity contribution in [2.45, 2.75) is 122 Å². The Morgan fingerprint density at radius 2 is 1.42 bits per heavy atom. The second-order valence-corrected chi connectivity index (χ2v) is 18.8. The molecular weight excluding hydrogens is 663 g/mol. The van der Waals surface area contributed by atoms with E-state index in [1.54, 1.807) is 0 Å². The Bertz CT molecular complexity index is 1680. The van der Waals surface area contributed by atoms with Crippen molar-refractivity contribution in [3.8, 4) is 11.5 Å². The maximum absolute atomic E-state index is 15.4. The van der Waals surface area contributed by atoms with Crippen molar-refractivity contribution in [3.63, 3.8) is 0 Å². The van der Waals surface area contributed by atoms with Crippen LogP contribution in [-0.4, -0.2) is 68.1 Å². The van der Waals surface area contributed by atoms with E-state index in [1.807, 2.05) is 24.3 Å². The Balaban J connectivity index is 2.11. The van der Waals surface area contributed by atoms with E-state index in [1.165, 1.54) is 6.07 Å². The summed E-state index contributed by atoms with van der Waals surface area (Å²) in [6.45, 7) is 8.98. The molecule has 0 aliphatic carbocycles. The monoisotopic (exact) mass is 716 g/mol. The maximum Gasteiger partial charge on any atom is 0.303 e. The van der Waals surface area contributed by atoms with Gasteiger partial charge in [0.1, 0.15) is 26.6 Å². The molecule has 2 aromatic carbocycles. The van der Waals surface area contributed by atoms with Gasteiger partial charge in [-0.2, -0.15) is 0 Å². The summed E-state index contributed by atoms with van der Waals surface area (Å²) in [5, 5.41) is 12.3. The fraction of sp³-hybridized carbons (Fsp3) is 0.526. The van der Waals surface area contributed by atoms with E-state index in [0.717, 1.165) is 17.7 Å². The van der Waals surface area contributed by atoms with Gasteiger partial charge in [0.15, 0.2) is 12.2 Å². The van der Waals surface area contributed by atoms with Gasteiger partial charge >= 0.3 is 23.9 Å². The van der Waals surface area contributed by atoms with Gasteiger partial charge in [-0.25, -0.2) is 4.39 Å². The van der Waals surface area contributed by atoms with E-state index < -0.39 is 102 Å². The minimum absolute atomic E-state index is 0.0227. The summed E-state index contributed by atoms with van der Waals surface area (Å²) in [7, 11) is -1.98. The molecule has 1 fully saturated rings. The van der Waals surface area contributed by atoms with Crippen molar-refractivity contribution >= 4 is 32.0 Å². The number of carbonyl (C=O) groups is 4. The van der Waals surface area contributed by atoms with Crippen LogP contribution in [0.4, 0.5) is 4.39 Å². The number of halogens is 1. The molecule has 10 nitrogen and oxygen atoms in total.